The molecule has 1 aromatic carbocycles. The Kier molecular flexibility index (Phi) is 7.65. The molecule has 11 nitrogen and oxygen atoms in total. The fourth-order valence-electron chi connectivity index (χ4n) is 3.73. The number of ether oxygens (including phenoxy) is 2. The van der Waals surface area contributed by atoms with Crippen LogP contribution in [-0.2, 0) is 15.7 Å². The Bertz CT molecular complexity index is 1540. The van der Waals surface area contributed by atoms with Crippen LogP contribution in [0.3, 0.4) is 0 Å². The van der Waals surface area contributed by atoms with Gasteiger partial charge in [0.25, 0.3) is 0 Å². The van der Waals surface area contributed by atoms with Crippen LogP contribution in [0.1, 0.15) is 25.2 Å². The summed E-state index contributed by atoms with van der Waals surface area (Å²) < 4.78 is 58.4. The predicted molar refractivity (Wildman–Crippen MR) is 143 cm³/mol. The molecule has 0 aliphatic carbocycles. The van der Waals surface area contributed by atoms with Crippen molar-refractivity contribution in [1.29, 1.82) is 0 Å². The van der Waals surface area contributed by atoms with E-state index in [1.165, 1.54) is 38.1 Å². The van der Waals surface area contributed by atoms with Crippen molar-refractivity contribution in [3.05, 3.63) is 64.9 Å². The number of anilines is 1. The first-order valence-corrected chi connectivity index (χ1v) is 13.6. The molecule has 0 unspecified atom stereocenters. The lowest BCUT2D eigenvalue weighted by Crippen LogP contribution is -2.41. The van der Waals surface area contributed by atoms with Gasteiger partial charge in [0.1, 0.15) is 22.4 Å². The van der Waals surface area contributed by atoms with E-state index in [-0.39, 0.29) is 17.6 Å². The maximum Gasteiger partial charge on any atom is 0.243 e. The zero-order valence-electron chi connectivity index (χ0n) is 21.2. The van der Waals surface area contributed by atoms with E-state index < -0.39 is 20.9 Å². The predicted octanol–water partition coefficient (Wildman–Crippen LogP) is 4.22. The highest BCUT2D eigenvalue weighted by atomic mass is 79.9. The second-order valence-corrected chi connectivity index (χ2v) is 11.5. The number of pyridine rings is 1. The van der Waals surface area contributed by atoms with Gasteiger partial charge in [0, 0.05) is 30.4 Å². The highest BCUT2D eigenvalue weighted by Crippen LogP contribution is 2.38. The van der Waals surface area contributed by atoms with Gasteiger partial charge in [-0.2, -0.15) is 0 Å². The lowest BCUT2D eigenvalue weighted by molar-refractivity contribution is 0.175. The van der Waals surface area contributed by atoms with Crippen molar-refractivity contribution in [2.75, 3.05) is 18.9 Å². The maximum atomic E-state index is 15.9. The highest BCUT2D eigenvalue weighted by Gasteiger charge is 2.44. The van der Waals surface area contributed by atoms with Gasteiger partial charge in [-0.15, -0.1) is 10.2 Å². The van der Waals surface area contributed by atoms with Gasteiger partial charge in [0.05, 0.1) is 18.7 Å². The molecule has 4 rings (SSSR count). The minimum absolute atomic E-state index is 0.205. The van der Waals surface area contributed by atoms with E-state index in [4.69, 9.17) is 9.47 Å². The molecular weight excluding hydrogens is 581 g/mol. The summed E-state index contributed by atoms with van der Waals surface area (Å²) >= 11 is 3.19. The zero-order chi connectivity index (χ0) is 27.7. The minimum Gasteiger partial charge on any atom is -0.494 e. The van der Waals surface area contributed by atoms with Gasteiger partial charge in [-0.3, -0.25) is 14.3 Å². The second kappa shape index (κ2) is 10.6. The van der Waals surface area contributed by atoms with Crippen molar-refractivity contribution < 1.29 is 22.3 Å². The number of para-hydroxylation sites is 1. The molecule has 0 saturated heterocycles. The topological polar surface area (TPSA) is 134 Å². The van der Waals surface area contributed by atoms with E-state index in [0.717, 1.165) is 12.5 Å². The first-order valence-electron chi connectivity index (χ1n) is 11.3. The molecule has 14 heteroatoms. The van der Waals surface area contributed by atoms with Crippen LogP contribution < -0.4 is 14.2 Å². The van der Waals surface area contributed by atoms with Gasteiger partial charge in [0.15, 0.2) is 17.3 Å². The number of benzene rings is 1. The van der Waals surface area contributed by atoms with E-state index in [1.54, 1.807) is 30.6 Å². The van der Waals surface area contributed by atoms with Crippen LogP contribution in [0.25, 0.3) is 17.1 Å². The summed E-state index contributed by atoms with van der Waals surface area (Å²) in [6.45, 7) is 4.19. The molecule has 0 bridgehead atoms. The Morgan fingerprint density at radius 2 is 1.71 bits per heavy atom. The van der Waals surface area contributed by atoms with Crippen molar-refractivity contribution in [2.24, 2.45) is 0 Å². The van der Waals surface area contributed by atoms with Gasteiger partial charge in [0.2, 0.25) is 16.0 Å². The van der Waals surface area contributed by atoms with Crippen molar-refractivity contribution in [2.45, 2.75) is 31.7 Å². The number of alkyl halides is 1. The van der Waals surface area contributed by atoms with Gasteiger partial charge in [-0.05, 0) is 60.5 Å². The summed E-state index contributed by atoms with van der Waals surface area (Å²) in [6, 6.07) is 6.90. The first-order chi connectivity index (χ1) is 18.0. The third-order valence-corrected chi connectivity index (χ3v) is 8.19. The Labute approximate surface area is 227 Å². The summed E-state index contributed by atoms with van der Waals surface area (Å²) in [5.74, 6) is 0.492. The Hall–Kier alpha value is -3.65. The first kappa shape index (κ1) is 27.4. The van der Waals surface area contributed by atoms with E-state index in [0.29, 0.717) is 27.2 Å². The number of nitrogens with one attached hydrogen (secondary N) is 1. The lowest BCUT2D eigenvalue weighted by Gasteiger charge is -2.26. The summed E-state index contributed by atoms with van der Waals surface area (Å²) in [5.41, 5.74) is -0.698. The fraction of sp³-hybridized carbons (Fsp3) is 0.292. The zero-order valence-corrected chi connectivity index (χ0v) is 23.6. The van der Waals surface area contributed by atoms with Gasteiger partial charge < -0.3 is 9.47 Å². The third-order valence-electron chi connectivity index (χ3n) is 5.94. The summed E-state index contributed by atoms with van der Waals surface area (Å²) in [4.78, 5) is 12.1. The normalized spacial score (nSPS) is 14.0. The number of methoxy groups -OCH3 is 2. The summed E-state index contributed by atoms with van der Waals surface area (Å²) in [6.07, 6.45) is 5.94. The summed E-state index contributed by atoms with van der Waals surface area (Å²) in [7, 11) is -1.48. The number of nitrogens with zero attached hydrogens (tertiary/aromatic N) is 6. The van der Waals surface area contributed by atoms with E-state index in [9.17, 15) is 8.42 Å². The average molecular weight is 606 g/mol. The number of sulfonamides is 1. The monoisotopic (exact) mass is 605 g/mol. The van der Waals surface area contributed by atoms with Gasteiger partial charge in [-0.25, -0.2) is 22.8 Å². The molecule has 0 radical (unpaired) electrons. The molecule has 2 atom stereocenters. The van der Waals surface area contributed by atoms with Crippen molar-refractivity contribution >= 4 is 31.9 Å². The van der Waals surface area contributed by atoms with E-state index in [1.807, 2.05) is 13.0 Å². The third kappa shape index (κ3) is 5.18. The molecule has 1 N–H and O–H groups in total. The molecular formula is C24H25BrFN7O4S. The molecule has 0 amide bonds. The highest BCUT2D eigenvalue weighted by molar-refractivity contribution is 9.10. The molecule has 4 aromatic rings. The van der Waals surface area contributed by atoms with Crippen LogP contribution in [0.5, 0.6) is 11.5 Å². The summed E-state index contributed by atoms with van der Waals surface area (Å²) in [5, 5.41) is 6.73. The molecule has 3 aromatic heterocycles. The Morgan fingerprint density at radius 1 is 1.08 bits per heavy atom. The molecule has 0 saturated carbocycles. The minimum atomic E-state index is -4.41. The SMILES string of the molecule is COc1cccc(OC)c1-n1c(NS(=O)(=O)[C@@H](C)[C@](C)(F)c2ncc(Br)cn2)nnc1-c1cncc(C)c1. The molecule has 3 heterocycles. The fourth-order valence-corrected chi connectivity index (χ4v) is 5.19. The molecule has 0 aliphatic heterocycles. The number of halogens is 2. The number of aromatic nitrogens is 6. The van der Waals surface area contributed by atoms with Gasteiger partial charge in [-0.1, -0.05) is 6.07 Å². The lowest BCUT2D eigenvalue weighted by atomic mass is 10.0. The smallest absolute Gasteiger partial charge is 0.243 e. The molecule has 0 aliphatic rings. The molecule has 0 spiro atoms. The standard InChI is InChI=1S/C24H25BrFN7O4S/c1-14-9-16(11-27-10-14)21-30-31-23(33(21)20-18(36-4)7-6-8-19(20)37-5)32-38(34,35)15(2)24(3,26)22-28-12-17(25)13-29-22/h6-13,15H,1-5H3,(H,31,32)/t15-,24-/m0/s1. The van der Waals surface area contributed by atoms with Crippen molar-refractivity contribution in [3.8, 4) is 28.6 Å². The van der Waals surface area contributed by atoms with Crippen LogP contribution in [0.15, 0.2) is 53.5 Å². The number of rotatable bonds is 9. The van der Waals surface area contributed by atoms with Crippen LogP contribution in [0, 0.1) is 6.92 Å². The molecule has 38 heavy (non-hydrogen) atoms. The Morgan fingerprint density at radius 3 is 2.29 bits per heavy atom. The van der Waals surface area contributed by atoms with E-state index in [2.05, 4.69) is 45.8 Å². The maximum absolute atomic E-state index is 15.9. The van der Waals surface area contributed by atoms with Crippen LogP contribution >= 0.6 is 15.9 Å². The Balaban J connectivity index is 1.86. The van der Waals surface area contributed by atoms with Crippen molar-refractivity contribution in [1.82, 2.24) is 29.7 Å². The number of aryl methyl sites for hydroxylation is 1. The largest absolute Gasteiger partial charge is 0.494 e. The van der Waals surface area contributed by atoms with Crippen molar-refractivity contribution in [3.63, 3.8) is 0 Å². The number of hydrogen-bond acceptors (Lipinski definition) is 9. The molecule has 0 fully saturated rings. The number of hydrogen-bond donors (Lipinski definition) is 1. The van der Waals surface area contributed by atoms with E-state index >= 15 is 4.39 Å². The second-order valence-electron chi connectivity index (χ2n) is 8.53. The molecule has 200 valence electrons. The average Bonchev–Trinajstić information content (AvgIpc) is 3.30. The van der Waals surface area contributed by atoms with Crippen LogP contribution in [0.4, 0.5) is 10.3 Å². The quantitative estimate of drug-likeness (QED) is 0.297. The van der Waals surface area contributed by atoms with Gasteiger partial charge >= 0.3 is 0 Å². The van der Waals surface area contributed by atoms with Crippen LogP contribution in [-0.4, -0.2) is 57.6 Å². The van der Waals surface area contributed by atoms with Crippen LogP contribution in [0.2, 0.25) is 0 Å².